The van der Waals surface area contributed by atoms with E-state index in [0.29, 0.717) is 23.5 Å². The van der Waals surface area contributed by atoms with Crippen molar-refractivity contribution in [2.45, 2.75) is 60.0 Å². The highest BCUT2D eigenvalue weighted by Gasteiger charge is 2.34. The Morgan fingerprint density at radius 3 is 1.83 bits per heavy atom. The number of benzene rings is 2. The number of rotatable bonds is 8. The molecule has 1 aliphatic carbocycles. The maximum atomic E-state index is 12.7. The average molecular weight is 583 g/mol. The van der Waals surface area contributed by atoms with E-state index in [1.165, 1.54) is 26.5 Å². The topological polar surface area (TPSA) is 136 Å². The van der Waals surface area contributed by atoms with E-state index >= 15 is 0 Å². The van der Waals surface area contributed by atoms with Gasteiger partial charge in [-0.15, -0.1) is 0 Å². The van der Waals surface area contributed by atoms with Crippen LogP contribution in [0.15, 0.2) is 72.8 Å². The van der Waals surface area contributed by atoms with Crippen molar-refractivity contribution >= 4 is 23.9 Å². The summed E-state index contributed by atoms with van der Waals surface area (Å²) < 4.78 is 16.0. The molecule has 0 aliphatic heterocycles. The largest absolute Gasteiger partial charge is 0.496 e. The van der Waals surface area contributed by atoms with Gasteiger partial charge in [-0.2, -0.15) is 0 Å². The zero-order valence-electron chi connectivity index (χ0n) is 25.2. The maximum absolute atomic E-state index is 12.7. The van der Waals surface area contributed by atoms with Crippen LogP contribution in [-0.4, -0.2) is 47.3 Å². The number of aliphatic carboxylic acids is 1. The molecule has 0 aromatic heterocycles. The highest BCUT2D eigenvalue weighted by molar-refractivity contribution is 5.95. The van der Waals surface area contributed by atoms with Crippen molar-refractivity contribution in [3.63, 3.8) is 0 Å². The Hall–Kier alpha value is -4.40. The number of carboxylic acids is 2. The van der Waals surface area contributed by atoms with Crippen molar-refractivity contribution in [3.8, 4) is 11.5 Å². The fourth-order valence-corrected chi connectivity index (χ4v) is 4.18. The van der Waals surface area contributed by atoms with Gasteiger partial charge in [-0.05, 0) is 68.7 Å². The van der Waals surface area contributed by atoms with Crippen LogP contribution in [-0.2, 0) is 14.3 Å². The predicted octanol–water partition coefficient (Wildman–Crippen LogP) is 6.83. The zero-order chi connectivity index (χ0) is 32.0. The molecular formula is C33H42O9. The molecule has 0 saturated heterocycles. The lowest BCUT2D eigenvalue weighted by atomic mass is 9.75. The van der Waals surface area contributed by atoms with Crippen molar-refractivity contribution in [3.05, 3.63) is 84.0 Å². The van der Waals surface area contributed by atoms with E-state index in [1.54, 1.807) is 49.4 Å². The summed E-state index contributed by atoms with van der Waals surface area (Å²) in [6.45, 7) is 16.3. The van der Waals surface area contributed by atoms with Crippen molar-refractivity contribution in [1.29, 1.82) is 0 Å². The van der Waals surface area contributed by atoms with E-state index in [2.05, 4.69) is 33.9 Å². The monoisotopic (exact) mass is 582 g/mol. The standard InChI is InChI=1S/C21H28O4.C8H8O3.C4H6O2/c1-13(2)16-11-10-15(5)12-19(16)25-21(23)17-8-6-7-9-18(17)24-20(22)14(3)4;1-11-7-5-3-2-4-6(7)8(9)10;1-3(2)4(5)6/h6-9,13,15-16,19H,3,10-12H2,1-2,4-5H3;2-5H,1H3,(H,9,10);1H2,2H3,(H,5,6). The first-order valence-electron chi connectivity index (χ1n) is 13.6. The molecule has 2 aromatic rings. The summed E-state index contributed by atoms with van der Waals surface area (Å²) >= 11 is 0. The average Bonchev–Trinajstić information content (AvgIpc) is 2.93. The first-order chi connectivity index (χ1) is 19.7. The van der Waals surface area contributed by atoms with Crippen molar-refractivity contribution in [2.75, 3.05) is 7.11 Å². The van der Waals surface area contributed by atoms with Crippen LogP contribution in [0.5, 0.6) is 11.5 Å². The molecular weight excluding hydrogens is 540 g/mol. The lowest BCUT2D eigenvalue weighted by Gasteiger charge is -2.36. The molecule has 0 amide bonds. The Labute approximate surface area is 247 Å². The molecule has 228 valence electrons. The lowest BCUT2D eigenvalue weighted by molar-refractivity contribution is -0.132. The van der Waals surface area contributed by atoms with E-state index < -0.39 is 23.9 Å². The molecule has 1 aliphatic rings. The van der Waals surface area contributed by atoms with Gasteiger partial charge in [0.1, 0.15) is 28.7 Å². The first kappa shape index (κ1) is 35.6. The normalized spacial score (nSPS) is 17.3. The molecule has 9 heteroatoms. The lowest BCUT2D eigenvalue weighted by Crippen LogP contribution is -2.36. The summed E-state index contributed by atoms with van der Waals surface area (Å²) in [7, 11) is 1.45. The predicted molar refractivity (Wildman–Crippen MR) is 160 cm³/mol. The van der Waals surface area contributed by atoms with Crippen molar-refractivity contribution < 1.29 is 43.6 Å². The minimum atomic E-state index is -0.970. The third kappa shape index (κ3) is 11.6. The summed E-state index contributed by atoms with van der Waals surface area (Å²) in [6, 6.07) is 13.2. The molecule has 2 aromatic carbocycles. The molecule has 2 N–H and O–H groups in total. The Kier molecular flexibility index (Phi) is 14.8. The zero-order valence-corrected chi connectivity index (χ0v) is 25.2. The molecule has 9 nitrogen and oxygen atoms in total. The van der Waals surface area contributed by atoms with E-state index in [9.17, 15) is 19.2 Å². The molecule has 0 radical (unpaired) electrons. The van der Waals surface area contributed by atoms with Gasteiger partial charge in [0.15, 0.2) is 0 Å². The molecule has 1 saturated carbocycles. The number of esters is 2. The number of carboxylic acid groups (broad SMARTS) is 2. The van der Waals surface area contributed by atoms with Crippen LogP contribution in [0.2, 0.25) is 0 Å². The summed E-state index contributed by atoms with van der Waals surface area (Å²) in [5.41, 5.74) is 0.923. The van der Waals surface area contributed by atoms with Crippen LogP contribution in [0.3, 0.4) is 0 Å². The second-order valence-corrected chi connectivity index (χ2v) is 10.5. The second-order valence-electron chi connectivity index (χ2n) is 10.5. The number of para-hydroxylation sites is 2. The van der Waals surface area contributed by atoms with Gasteiger partial charge in [0.2, 0.25) is 0 Å². The molecule has 1 fully saturated rings. The van der Waals surface area contributed by atoms with Gasteiger partial charge >= 0.3 is 23.9 Å². The maximum Gasteiger partial charge on any atom is 0.342 e. The summed E-state index contributed by atoms with van der Waals surface area (Å²) in [4.78, 5) is 44.6. The highest BCUT2D eigenvalue weighted by atomic mass is 16.6. The van der Waals surface area contributed by atoms with Gasteiger partial charge in [0, 0.05) is 11.1 Å². The van der Waals surface area contributed by atoms with Crippen LogP contribution >= 0.6 is 0 Å². The van der Waals surface area contributed by atoms with Gasteiger partial charge in [0.05, 0.1) is 7.11 Å². The number of carbonyl (C=O) groups excluding carboxylic acids is 2. The molecule has 42 heavy (non-hydrogen) atoms. The van der Waals surface area contributed by atoms with Gasteiger partial charge in [-0.1, -0.05) is 64.6 Å². The second kappa shape index (κ2) is 17.4. The van der Waals surface area contributed by atoms with Crippen LogP contribution in [0.4, 0.5) is 0 Å². The fraction of sp³-hybridized carbons (Fsp3) is 0.394. The summed E-state index contributed by atoms with van der Waals surface area (Å²) in [5, 5.41) is 16.5. The van der Waals surface area contributed by atoms with E-state index in [-0.39, 0.29) is 34.1 Å². The number of methoxy groups -OCH3 is 1. The SMILES string of the molecule is C=C(C)C(=O)O.C=C(C)C(=O)Oc1ccccc1C(=O)OC1CC(C)CCC1C(C)C.COc1ccccc1C(=O)O. The first-order valence-corrected chi connectivity index (χ1v) is 13.6. The van der Waals surface area contributed by atoms with Gasteiger partial charge in [0.25, 0.3) is 0 Å². The van der Waals surface area contributed by atoms with Crippen LogP contribution in [0.1, 0.15) is 74.6 Å². The number of ether oxygens (including phenoxy) is 3. The Morgan fingerprint density at radius 1 is 0.857 bits per heavy atom. The Bertz CT molecular complexity index is 1250. The Morgan fingerprint density at radius 2 is 1.38 bits per heavy atom. The number of hydrogen-bond donors (Lipinski definition) is 2. The third-order valence-corrected chi connectivity index (χ3v) is 6.58. The van der Waals surface area contributed by atoms with E-state index in [0.717, 1.165) is 12.8 Å². The van der Waals surface area contributed by atoms with E-state index in [1.807, 2.05) is 0 Å². The molecule has 3 rings (SSSR count). The van der Waals surface area contributed by atoms with Crippen LogP contribution in [0.25, 0.3) is 0 Å². The van der Waals surface area contributed by atoms with Gasteiger partial charge in [-0.3, -0.25) is 0 Å². The molecule has 0 heterocycles. The molecule has 0 bridgehead atoms. The quantitative estimate of drug-likeness (QED) is 0.195. The molecule has 3 atom stereocenters. The van der Waals surface area contributed by atoms with Gasteiger partial charge in [-0.25, -0.2) is 19.2 Å². The van der Waals surface area contributed by atoms with E-state index in [4.69, 9.17) is 24.4 Å². The Balaban J connectivity index is 0.000000425. The number of carbonyl (C=O) groups is 4. The minimum absolute atomic E-state index is 0.0962. The van der Waals surface area contributed by atoms with Crippen LogP contribution in [0, 0.1) is 17.8 Å². The van der Waals surface area contributed by atoms with Gasteiger partial charge < -0.3 is 24.4 Å². The molecule has 3 unspecified atom stereocenters. The number of aromatic carboxylic acids is 1. The smallest absolute Gasteiger partial charge is 0.342 e. The van der Waals surface area contributed by atoms with Crippen molar-refractivity contribution in [2.24, 2.45) is 17.8 Å². The summed E-state index contributed by atoms with van der Waals surface area (Å²) in [5.74, 6) is -0.916. The highest BCUT2D eigenvalue weighted by Crippen LogP contribution is 2.36. The van der Waals surface area contributed by atoms with Crippen LogP contribution < -0.4 is 9.47 Å². The molecule has 0 spiro atoms. The third-order valence-electron chi connectivity index (χ3n) is 6.58. The summed E-state index contributed by atoms with van der Waals surface area (Å²) in [6.07, 6.45) is 3.02. The van der Waals surface area contributed by atoms with Crippen molar-refractivity contribution in [1.82, 2.24) is 0 Å². The number of hydrogen-bond acceptors (Lipinski definition) is 7. The fourth-order valence-electron chi connectivity index (χ4n) is 4.18. The minimum Gasteiger partial charge on any atom is -0.496 e.